The molecule has 0 unspecified atom stereocenters. The van der Waals surface area contributed by atoms with Crippen LogP contribution in [0.4, 0.5) is 10.5 Å². The summed E-state index contributed by atoms with van der Waals surface area (Å²) in [5.41, 5.74) is 1.69. The molecule has 1 aromatic carbocycles. The summed E-state index contributed by atoms with van der Waals surface area (Å²) in [7, 11) is 0. The highest BCUT2D eigenvalue weighted by Gasteiger charge is 2.09. The molecule has 0 fully saturated rings. The third-order valence-electron chi connectivity index (χ3n) is 2.56. The van der Waals surface area contributed by atoms with Crippen LogP contribution >= 0.6 is 11.3 Å². The Morgan fingerprint density at radius 2 is 2.10 bits per heavy atom. The summed E-state index contributed by atoms with van der Waals surface area (Å²) in [6, 6.07) is 7.08. The molecule has 2 amide bonds. The summed E-state index contributed by atoms with van der Waals surface area (Å²) in [6.07, 6.45) is 0. The molecule has 104 valence electrons. The van der Waals surface area contributed by atoms with E-state index in [4.69, 9.17) is 5.11 Å². The van der Waals surface area contributed by atoms with Crippen molar-refractivity contribution in [2.24, 2.45) is 0 Å². The van der Waals surface area contributed by atoms with Crippen molar-refractivity contribution in [3.8, 4) is 0 Å². The number of aromatic nitrogens is 1. The SMILES string of the molecule is Cc1ccccc1NC(=O)NCc1nc(C(=O)O)cs1. The molecule has 6 nitrogen and oxygen atoms in total. The molecule has 0 spiro atoms. The number of carbonyl (C=O) groups is 2. The number of rotatable bonds is 4. The van der Waals surface area contributed by atoms with Crippen LogP contribution in [0.25, 0.3) is 0 Å². The minimum Gasteiger partial charge on any atom is -0.476 e. The molecule has 1 aromatic heterocycles. The maximum absolute atomic E-state index is 11.7. The van der Waals surface area contributed by atoms with Crippen LogP contribution < -0.4 is 10.6 Å². The first kappa shape index (κ1) is 14.0. The average molecular weight is 291 g/mol. The van der Waals surface area contributed by atoms with Gasteiger partial charge in [-0.1, -0.05) is 18.2 Å². The number of carboxylic acid groups (broad SMARTS) is 1. The number of para-hydroxylation sites is 1. The number of urea groups is 1. The number of hydrogen-bond acceptors (Lipinski definition) is 4. The zero-order valence-corrected chi connectivity index (χ0v) is 11.5. The molecule has 0 aliphatic carbocycles. The molecule has 0 atom stereocenters. The highest BCUT2D eigenvalue weighted by atomic mass is 32.1. The highest BCUT2D eigenvalue weighted by molar-refractivity contribution is 7.09. The Bertz CT molecular complexity index is 639. The van der Waals surface area contributed by atoms with Gasteiger partial charge in [0, 0.05) is 11.1 Å². The Morgan fingerprint density at radius 3 is 2.75 bits per heavy atom. The van der Waals surface area contributed by atoms with E-state index in [9.17, 15) is 9.59 Å². The quantitative estimate of drug-likeness (QED) is 0.807. The lowest BCUT2D eigenvalue weighted by Crippen LogP contribution is -2.28. The van der Waals surface area contributed by atoms with Crippen molar-refractivity contribution >= 4 is 29.0 Å². The number of carbonyl (C=O) groups excluding carboxylic acids is 1. The van der Waals surface area contributed by atoms with E-state index in [-0.39, 0.29) is 18.3 Å². The van der Waals surface area contributed by atoms with Crippen LogP contribution in [0.5, 0.6) is 0 Å². The summed E-state index contributed by atoms with van der Waals surface area (Å²) in [5, 5.41) is 16.1. The number of hydrogen-bond donors (Lipinski definition) is 3. The molecule has 2 rings (SSSR count). The van der Waals surface area contributed by atoms with Gasteiger partial charge in [0.25, 0.3) is 0 Å². The Balaban J connectivity index is 1.89. The maximum Gasteiger partial charge on any atom is 0.355 e. The highest BCUT2D eigenvalue weighted by Crippen LogP contribution is 2.13. The number of nitrogens with zero attached hydrogens (tertiary/aromatic N) is 1. The molecular formula is C13H13N3O3S. The molecule has 7 heteroatoms. The first-order valence-corrected chi connectivity index (χ1v) is 6.72. The molecule has 0 saturated heterocycles. The van der Waals surface area contributed by atoms with Gasteiger partial charge >= 0.3 is 12.0 Å². The summed E-state index contributed by atoms with van der Waals surface area (Å²) < 4.78 is 0. The smallest absolute Gasteiger partial charge is 0.355 e. The third kappa shape index (κ3) is 3.55. The van der Waals surface area contributed by atoms with E-state index >= 15 is 0 Å². The van der Waals surface area contributed by atoms with Crippen molar-refractivity contribution in [2.45, 2.75) is 13.5 Å². The molecule has 0 aliphatic heterocycles. The first-order chi connectivity index (χ1) is 9.56. The van der Waals surface area contributed by atoms with Crippen LogP contribution in [0.15, 0.2) is 29.6 Å². The molecule has 0 radical (unpaired) electrons. The molecule has 0 saturated carbocycles. The van der Waals surface area contributed by atoms with Crippen LogP contribution in [0, 0.1) is 6.92 Å². The zero-order valence-electron chi connectivity index (χ0n) is 10.7. The molecule has 20 heavy (non-hydrogen) atoms. The molecule has 2 aromatic rings. The van der Waals surface area contributed by atoms with Gasteiger partial charge in [0.05, 0.1) is 6.54 Å². The fourth-order valence-corrected chi connectivity index (χ4v) is 2.23. The minimum absolute atomic E-state index is 0.00823. The van der Waals surface area contributed by atoms with Gasteiger partial charge in [0.15, 0.2) is 5.69 Å². The lowest BCUT2D eigenvalue weighted by atomic mass is 10.2. The van der Waals surface area contributed by atoms with Gasteiger partial charge in [-0.15, -0.1) is 11.3 Å². The van der Waals surface area contributed by atoms with Crippen molar-refractivity contribution in [3.05, 3.63) is 45.9 Å². The van der Waals surface area contributed by atoms with Crippen molar-refractivity contribution in [2.75, 3.05) is 5.32 Å². The van der Waals surface area contributed by atoms with Crippen molar-refractivity contribution in [1.82, 2.24) is 10.3 Å². The van der Waals surface area contributed by atoms with E-state index in [1.165, 1.54) is 16.7 Å². The lowest BCUT2D eigenvalue weighted by molar-refractivity contribution is 0.0691. The topological polar surface area (TPSA) is 91.3 Å². The van der Waals surface area contributed by atoms with Crippen molar-refractivity contribution in [1.29, 1.82) is 0 Å². The number of nitrogens with one attached hydrogen (secondary N) is 2. The normalized spacial score (nSPS) is 10.1. The van der Waals surface area contributed by atoms with Crippen LogP contribution in [0.1, 0.15) is 21.1 Å². The largest absolute Gasteiger partial charge is 0.476 e. The fourth-order valence-electron chi connectivity index (χ4n) is 1.53. The van der Waals surface area contributed by atoms with Crippen molar-refractivity contribution in [3.63, 3.8) is 0 Å². The predicted molar refractivity (Wildman–Crippen MR) is 76.1 cm³/mol. The fraction of sp³-hybridized carbons (Fsp3) is 0.154. The van der Waals surface area contributed by atoms with Gasteiger partial charge in [-0.2, -0.15) is 0 Å². The Hall–Kier alpha value is -2.41. The summed E-state index contributed by atoms with van der Waals surface area (Å²) in [6.45, 7) is 2.09. The number of aromatic carboxylic acids is 1. The van der Waals surface area contributed by atoms with Crippen molar-refractivity contribution < 1.29 is 14.7 Å². The Kier molecular flexibility index (Phi) is 4.31. The van der Waals surface area contributed by atoms with Gasteiger partial charge in [0.1, 0.15) is 5.01 Å². The van der Waals surface area contributed by atoms with E-state index in [2.05, 4.69) is 15.6 Å². The standard InChI is InChI=1S/C13H13N3O3S/c1-8-4-2-3-5-9(8)16-13(19)14-6-11-15-10(7-20-11)12(17)18/h2-5,7H,6H2,1H3,(H,17,18)(H2,14,16,19). The second-order valence-corrected chi connectivity index (χ2v) is 5.00. The van der Waals surface area contributed by atoms with E-state index in [1.807, 2.05) is 25.1 Å². The summed E-state index contributed by atoms with van der Waals surface area (Å²) in [4.78, 5) is 26.3. The Morgan fingerprint density at radius 1 is 1.35 bits per heavy atom. The molecule has 0 bridgehead atoms. The number of carboxylic acids is 1. The van der Waals surface area contributed by atoms with E-state index in [1.54, 1.807) is 6.07 Å². The van der Waals surface area contributed by atoms with Crippen LogP contribution in [0.2, 0.25) is 0 Å². The van der Waals surface area contributed by atoms with E-state index in [0.717, 1.165) is 11.3 Å². The van der Waals surface area contributed by atoms with E-state index in [0.29, 0.717) is 5.01 Å². The lowest BCUT2D eigenvalue weighted by Gasteiger charge is -2.08. The monoisotopic (exact) mass is 291 g/mol. The summed E-state index contributed by atoms with van der Waals surface area (Å²) in [5.74, 6) is -1.07. The third-order valence-corrected chi connectivity index (χ3v) is 3.41. The minimum atomic E-state index is -1.07. The van der Waals surface area contributed by atoms with Crippen LogP contribution in [0.3, 0.4) is 0 Å². The maximum atomic E-state index is 11.7. The van der Waals surface area contributed by atoms with Crippen LogP contribution in [-0.4, -0.2) is 22.1 Å². The second kappa shape index (κ2) is 6.16. The van der Waals surface area contributed by atoms with Gasteiger partial charge in [-0.05, 0) is 18.6 Å². The molecular weight excluding hydrogens is 278 g/mol. The molecule has 1 heterocycles. The first-order valence-electron chi connectivity index (χ1n) is 5.84. The van der Waals surface area contributed by atoms with Crippen LogP contribution in [-0.2, 0) is 6.54 Å². The van der Waals surface area contributed by atoms with E-state index < -0.39 is 5.97 Å². The Labute approximate surface area is 119 Å². The number of benzene rings is 1. The van der Waals surface area contributed by atoms with Gasteiger partial charge in [0.2, 0.25) is 0 Å². The van der Waals surface area contributed by atoms with Gasteiger partial charge in [-0.25, -0.2) is 14.6 Å². The molecule has 0 aliphatic rings. The predicted octanol–water partition coefficient (Wildman–Crippen LogP) is 2.47. The zero-order chi connectivity index (χ0) is 14.5. The van der Waals surface area contributed by atoms with Gasteiger partial charge < -0.3 is 15.7 Å². The summed E-state index contributed by atoms with van der Waals surface area (Å²) >= 11 is 1.19. The number of thiazole rings is 1. The average Bonchev–Trinajstić information content (AvgIpc) is 2.88. The molecule has 3 N–H and O–H groups in total. The second-order valence-electron chi connectivity index (χ2n) is 4.05. The van der Waals surface area contributed by atoms with Gasteiger partial charge in [-0.3, -0.25) is 0 Å². The number of amides is 2. The number of aryl methyl sites for hydroxylation is 1. The number of anilines is 1.